The number of benzene rings is 1. The normalized spacial score (nSPS) is 11.0. The van der Waals surface area contributed by atoms with Crippen molar-refractivity contribution in [2.75, 3.05) is 0 Å². The van der Waals surface area contributed by atoms with Crippen LogP contribution in [-0.2, 0) is 6.42 Å². The summed E-state index contributed by atoms with van der Waals surface area (Å²) < 4.78 is 1.18. The SMILES string of the molecule is CCc1cc2c(C)c(Br)ccc2[nH]1. The number of aromatic nitrogens is 1. The van der Waals surface area contributed by atoms with E-state index in [1.54, 1.807) is 0 Å². The van der Waals surface area contributed by atoms with Crippen LogP contribution in [0.1, 0.15) is 18.2 Å². The van der Waals surface area contributed by atoms with Crippen molar-refractivity contribution in [3.63, 3.8) is 0 Å². The number of rotatable bonds is 1. The quantitative estimate of drug-likeness (QED) is 0.777. The fourth-order valence-corrected chi connectivity index (χ4v) is 1.92. The van der Waals surface area contributed by atoms with E-state index in [9.17, 15) is 0 Å². The van der Waals surface area contributed by atoms with E-state index in [0.29, 0.717) is 0 Å². The van der Waals surface area contributed by atoms with Gasteiger partial charge >= 0.3 is 0 Å². The lowest BCUT2D eigenvalue weighted by atomic mass is 10.1. The number of hydrogen-bond donors (Lipinski definition) is 1. The van der Waals surface area contributed by atoms with E-state index in [0.717, 1.165) is 6.42 Å². The first kappa shape index (κ1) is 8.82. The maximum absolute atomic E-state index is 3.53. The number of fused-ring (bicyclic) bond motifs is 1. The van der Waals surface area contributed by atoms with Gasteiger partial charge in [0.15, 0.2) is 0 Å². The minimum atomic E-state index is 1.06. The predicted molar refractivity (Wildman–Crippen MR) is 60.1 cm³/mol. The zero-order chi connectivity index (χ0) is 9.42. The Morgan fingerprint density at radius 3 is 2.85 bits per heavy atom. The van der Waals surface area contributed by atoms with E-state index in [1.165, 1.54) is 26.6 Å². The summed E-state index contributed by atoms with van der Waals surface area (Å²) >= 11 is 3.53. The van der Waals surface area contributed by atoms with Gasteiger partial charge in [0.2, 0.25) is 0 Å². The Morgan fingerprint density at radius 1 is 1.38 bits per heavy atom. The average Bonchev–Trinajstić information content (AvgIpc) is 2.55. The van der Waals surface area contributed by atoms with Gasteiger partial charge in [0.1, 0.15) is 0 Å². The highest BCUT2D eigenvalue weighted by atomic mass is 79.9. The second-order valence-electron chi connectivity index (χ2n) is 3.28. The highest BCUT2D eigenvalue weighted by Crippen LogP contribution is 2.26. The van der Waals surface area contributed by atoms with Gasteiger partial charge in [-0.3, -0.25) is 0 Å². The number of hydrogen-bond acceptors (Lipinski definition) is 0. The van der Waals surface area contributed by atoms with Crippen LogP contribution in [0, 0.1) is 6.92 Å². The molecule has 0 fully saturated rings. The summed E-state index contributed by atoms with van der Waals surface area (Å²) in [6.07, 6.45) is 1.06. The van der Waals surface area contributed by atoms with Crippen molar-refractivity contribution in [2.24, 2.45) is 0 Å². The van der Waals surface area contributed by atoms with Crippen LogP contribution in [0.25, 0.3) is 10.9 Å². The zero-order valence-electron chi connectivity index (χ0n) is 7.82. The second-order valence-corrected chi connectivity index (χ2v) is 4.14. The van der Waals surface area contributed by atoms with Crippen LogP contribution in [0.4, 0.5) is 0 Å². The summed E-state index contributed by atoms with van der Waals surface area (Å²) in [5.74, 6) is 0. The van der Waals surface area contributed by atoms with Crippen LogP contribution in [0.5, 0.6) is 0 Å². The van der Waals surface area contributed by atoms with Gasteiger partial charge in [0.05, 0.1) is 0 Å². The van der Waals surface area contributed by atoms with E-state index in [-0.39, 0.29) is 0 Å². The molecule has 0 aliphatic heterocycles. The van der Waals surface area contributed by atoms with E-state index >= 15 is 0 Å². The summed E-state index contributed by atoms with van der Waals surface area (Å²) in [7, 11) is 0. The summed E-state index contributed by atoms with van der Waals surface area (Å²) in [6, 6.07) is 6.44. The van der Waals surface area contributed by atoms with Crippen LogP contribution >= 0.6 is 15.9 Å². The van der Waals surface area contributed by atoms with Gasteiger partial charge in [-0.15, -0.1) is 0 Å². The van der Waals surface area contributed by atoms with Crippen molar-refractivity contribution < 1.29 is 0 Å². The zero-order valence-corrected chi connectivity index (χ0v) is 9.40. The molecule has 0 aliphatic rings. The summed E-state index contributed by atoms with van der Waals surface area (Å²) in [4.78, 5) is 3.39. The summed E-state index contributed by atoms with van der Waals surface area (Å²) in [5, 5.41) is 1.33. The lowest BCUT2D eigenvalue weighted by molar-refractivity contribution is 1.07. The molecule has 2 rings (SSSR count). The Morgan fingerprint density at radius 2 is 2.15 bits per heavy atom. The molecule has 1 N–H and O–H groups in total. The molecule has 1 aromatic heterocycles. The van der Waals surface area contributed by atoms with Crippen molar-refractivity contribution in [1.29, 1.82) is 0 Å². The fraction of sp³-hybridized carbons (Fsp3) is 0.273. The molecule has 1 aromatic carbocycles. The van der Waals surface area contributed by atoms with E-state index in [2.05, 4.69) is 53.0 Å². The van der Waals surface area contributed by atoms with Gasteiger partial charge in [-0.25, -0.2) is 0 Å². The maximum atomic E-state index is 3.53. The number of halogens is 1. The largest absolute Gasteiger partial charge is 0.358 e. The number of nitrogens with one attached hydrogen (secondary N) is 1. The van der Waals surface area contributed by atoms with Crippen molar-refractivity contribution >= 4 is 26.8 Å². The maximum Gasteiger partial charge on any atom is 0.0459 e. The molecule has 13 heavy (non-hydrogen) atoms. The fourth-order valence-electron chi connectivity index (χ4n) is 1.57. The Labute approximate surface area is 86.3 Å². The number of aromatic amines is 1. The van der Waals surface area contributed by atoms with Gasteiger partial charge in [0, 0.05) is 21.1 Å². The standard InChI is InChI=1S/C11H12BrN/c1-3-8-6-9-7(2)10(12)4-5-11(9)13-8/h4-6,13H,3H2,1-2H3. The van der Waals surface area contributed by atoms with Crippen LogP contribution in [-0.4, -0.2) is 4.98 Å². The first-order valence-electron chi connectivity index (χ1n) is 4.49. The smallest absolute Gasteiger partial charge is 0.0459 e. The average molecular weight is 238 g/mol. The summed E-state index contributed by atoms with van der Waals surface area (Å²) in [5.41, 5.74) is 3.85. The van der Waals surface area contributed by atoms with E-state index in [4.69, 9.17) is 0 Å². The van der Waals surface area contributed by atoms with Crippen LogP contribution < -0.4 is 0 Å². The van der Waals surface area contributed by atoms with Crippen molar-refractivity contribution in [2.45, 2.75) is 20.3 Å². The molecule has 0 saturated carbocycles. The van der Waals surface area contributed by atoms with Gasteiger partial charge < -0.3 is 4.98 Å². The van der Waals surface area contributed by atoms with Crippen molar-refractivity contribution in [1.82, 2.24) is 4.98 Å². The third-order valence-corrected chi connectivity index (χ3v) is 3.30. The first-order valence-corrected chi connectivity index (χ1v) is 5.28. The molecule has 0 amide bonds. The molecule has 0 spiro atoms. The summed E-state index contributed by atoms with van der Waals surface area (Å²) in [6.45, 7) is 4.30. The molecule has 1 nitrogen and oxygen atoms in total. The van der Waals surface area contributed by atoms with Crippen molar-refractivity contribution in [3.05, 3.63) is 33.9 Å². The van der Waals surface area contributed by atoms with Crippen LogP contribution in [0.3, 0.4) is 0 Å². The molecule has 68 valence electrons. The van der Waals surface area contributed by atoms with Crippen LogP contribution in [0.2, 0.25) is 0 Å². The molecular formula is C11H12BrN. The highest BCUT2D eigenvalue weighted by molar-refractivity contribution is 9.10. The third-order valence-electron chi connectivity index (χ3n) is 2.44. The van der Waals surface area contributed by atoms with Crippen LogP contribution in [0.15, 0.2) is 22.7 Å². The Hall–Kier alpha value is -0.760. The van der Waals surface area contributed by atoms with Gasteiger partial charge in [-0.2, -0.15) is 0 Å². The molecule has 1 heterocycles. The first-order chi connectivity index (χ1) is 6.22. The minimum absolute atomic E-state index is 1.06. The van der Waals surface area contributed by atoms with Crippen molar-refractivity contribution in [3.8, 4) is 0 Å². The number of H-pyrrole nitrogens is 1. The lowest BCUT2D eigenvalue weighted by Gasteiger charge is -1.97. The van der Waals surface area contributed by atoms with Gasteiger partial charge in [-0.1, -0.05) is 22.9 Å². The highest BCUT2D eigenvalue weighted by Gasteiger charge is 2.03. The van der Waals surface area contributed by atoms with E-state index < -0.39 is 0 Å². The van der Waals surface area contributed by atoms with E-state index in [1.807, 2.05) is 0 Å². The molecular weight excluding hydrogens is 226 g/mol. The molecule has 0 aliphatic carbocycles. The van der Waals surface area contributed by atoms with Gasteiger partial charge in [0.25, 0.3) is 0 Å². The molecule has 0 radical (unpaired) electrons. The minimum Gasteiger partial charge on any atom is -0.358 e. The molecule has 2 aromatic rings. The monoisotopic (exact) mass is 237 g/mol. The third kappa shape index (κ3) is 1.39. The number of aryl methyl sites for hydroxylation is 2. The molecule has 0 saturated heterocycles. The van der Waals surface area contributed by atoms with Gasteiger partial charge in [-0.05, 0) is 37.1 Å². The molecule has 0 atom stereocenters. The predicted octanol–water partition coefficient (Wildman–Crippen LogP) is 3.80. The molecule has 2 heteroatoms. The topological polar surface area (TPSA) is 15.8 Å². The molecule has 0 unspecified atom stereocenters. The Bertz CT molecular complexity index is 443. The Balaban J connectivity index is 2.76. The Kier molecular flexibility index (Phi) is 2.16. The second kappa shape index (κ2) is 3.18. The molecule has 0 bridgehead atoms. The lowest BCUT2D eigenvalue weighted by Crippen LogP contribution is -1.76.